The number of hydrogen-bond donors (Lipinski definition) is 0. The van der Waals surface area contributed by atoms with Gasteiger partial charge in [-0.2, -0.15) is 0 Å². The Morgan fingerprint density at radius 1 is 0.769 bits per heavy atom. The topological polar surface area (TPSA) is 25.6 Å². The van der Waals surface area contributed by atoms with Gasteiger partial charge in [-0.3, -0.25) is 0 Å². The molecule has 5 aromatic carbocycles. The first kappa shape index (κ1) is 29.9. The molecule has 1 atom stereocenters. The van der Waals surface area contributed by atoms with Crippen molar-refractivity contribution in [3.8, 4) is 11.1 Å². The van der Waals surface area contributed by atoms with Gasteiger partial charge in [0, 0.05) is 62.8 Å². The standard InChI is InChI=1S/C49H39NO2/c1-49(2)40-13-6-3-11-36(40)48-41(49)14-9-15-42(48)50(34-25-27-45-39(29-34)35-10-4-7-16-43(35)51-45)33-23-20-30(21-24-33)32-19-18-31-22-26-46-47(38(31)28-32)37-12-5-8-17-44(37)52-46/h3-8,10-14,17-24,26,28-29,43H,9,15-16,25,27H2,1-2H3. The van der Waals surface area contributed by atoms with Crippen molar-refractivity contribution in [1.29, 1.82) is 0 Å². The Balaban J connectivity index is 1.06. The van der Waals surface area contributed by atoms with Gasteiger partial charge in [-0.1, -0.05) is 111 Å². The third-order valence-electron chi connectivity index (χ3n) is 12.1. The summed E-state index contributed by atoms with van der Waals surface area (Å²) < 4.78 is 12.7. The molecule has 252 valence electrons. The molecule has 4 aliphatic carbocycles. The van der Waals surface area contributed by atoms with Crippen molar-refractivity contribution in [1.82, 2.24) is 0 Å². The lowest BCUT2D eigenvalue weighted by Crippen LogP contribution is -2.26. The largest absolute Gasteiger partial charge is 0.489 e. The number of anilines is 1. The second-order valence-corrected chi connectivity index (χ2v) is 15.4. The average molecular weight is 674 g/mol. The molecule has 1 aromatic heterocycles. The predicted octanol–water partition coefficient (Wildman–Crippen LogP) is 12.9. The molecule has 3 nitrogen and oxygen atoms in total. The number of para-hydroxylation sites is 1. The number of hydrogen-bond acceptors (Lipinski definition) is 3. The molecule has 0 saturated carbocycles. The maximum absolute atomic E-state index is 6.50. The lowest BCUT2D eigenvalue weighted by Gasteiger charge is -2.36. The predicted molar refractivity (Wildman–Crippen MR) is 214 cm³/mol. The van der Waals surface area contributed by atoms with E-state index in [0.717, 1.165) is 54.4 Å². The fraction of sp³-hybridized carbons (Fsp3) is 0.184. The minimum Gasteiger partial charge on any atom is -0.489 e. The number of furan rings is 1. The van der Waals surface area contributed by atoms with Crippen molar-refractivity contribution in [2.75, 3.05) is 4.90 Å². The van der Waals surface area contributed by atoms with E-state index in [2.05, 4.69) is 146 Å². The van der Waals surface area contributed by atoms with Gasteiger partial charge in [0.1, 0.15) is 23.0 Å². The number of rotatable bonds is 4. The molecule has 6 aromatic rings. The number of allylic oxidation sites excluding steroid dienone is 9. The van der Waals surface area contributed by atoms with E-state index in [-0.39, 0.29) is 11.5 Å². The Bertz CT molecular complexity index is 2710. The fourth-order valence-electron chi connectivity index (χ4n) is 9.63. The monoisotopic (exact) mass is 673 g/mol. The van der Waals surface area contributed by atoms with Gasteiger partial charge in [-0.15, -0.1) is 0 Å². The summed E-state index contributed by atoms with van der Waals surface area (Å²) in [5.41, 5.74) is 16.5. The zero-order chi connectivity index (χ0) is 34.6. The van der Waals surface area contributed by atoms with Crippen LogP contribution in [-0.2, 0) is 10.2 Å². The van der Waals surface area contributed by atoms with Crippen LogP contribution in [0, 0.1) is 0 Å². The SMILES string of the molecule is CC1(C)C2=CCCC(N(C3=CC4=C(CC3)OC3CC=CC=C43)c3ccc(-c4ccc5ccc6oc7ccccc7c6c5c4)cc3)=C2c2ccccc21. The van der Waals surface area contributed by atoms with E-state index in [9.17, 15) is 0 Å². The summed E-state index contributed by atoms with van der Waals surface area (Å²) >= 11 is 0. The lowest BCUT2D eigenvalue weighted by molar-refractivity contribution is 0.160. The summed E-state index contributed by atoms with van der Waals surface area (Å²) in [6, 6.07) is 37.8. The van der Waals surface area contributed by atoms with Gasteiger partial charge in [-0.25, -0.2) is 0 Å². The molecule has 0 amide bonds. The molecular formula is C49H39NO2. The van der Waals surface area contributed by atoms with Crippen LogP contribution in [0.15, 0.2) is 172 Å². The highest BCUT2D eigenvalue weighted by molar-refractivity contribution is 6.19. The average Bonchev–Trinajstić information content (AvgIpc) is 3.83. The number of nitrogens with zero attached hydrogens (tertiary/aromatic N) is 1. The zero-order valence-corrected chi connectivity index (χ0v) is 29.6. The summed E-state index contributed by atoms with van der Waals surface area (Å²) in [5, 5.41) is 4.80. The van der Waals surface area contributed by atoms with Crippen LogP contribution in [0.2, 0.25) is 0 Å². The van der Waals surface area contributed by atoms with Gasteiger partial charge in [0.25, 0.3) is 0 Å². The van der Waals surface area contributed by atoms with Gasteiger partial charge in [-0.05, 0) is 94.3 Å². The van der Waals surface area contributed by atoms with Gasteiger partial charge in [0.05, 0.1) is 0 Å². The van der Waals surface area contributed by atoms with Gasteiger partial charge in [0.15, 0.2) is 0 Å². The summed E-state index contributed by atoms with van der Waals surface area (Å²) in [4.78, 5) is 2.61. The summed E-state index contributed by atoms with van der Waals surface area (Å²) in [6.45, 7) is 4.79. The molecule has 0 fully saturated rings. The van der Waals surface area contributed by atoms with E-state index < -0.39 is 0 Å². The van der Waals surface area contributed by atoms with Crippen LogP contribution in [0.5, 0.6) is 0 Å². The van der Waals surface area contributed by atoms with Gasteiger partial charge in [0.2, 0.25) is 0 Å². The maximum atomic E-state index is 6.50. The molecule has 2 heterocycles. The van der Waals surface area contributed by atoms with E-state index in [1.165, 1.54) is 77.8 Å². The Morgan fingerprint density at radius 2 is 1.60 bits per heavy atom. The van der Waals surface area contributed by atoms with Crippen LogP contribution in [0.3, 0.4) is 0 Å². The van der Waals surface area contributed by atoms with Crippen molar-refractivity contribution in [3.05, 3.63) is 179 Å². The van der Waals surface area contributed by atoms with E-state index in [0.29, 0.717) is 0 Å². The second kappa shape index (κ2) is 11.1. The molecule has 1 aliphatic heterocycles. The normalized spacial score (nSPS) is 20.0. The number of fused-ring (bicyclic) bond motifs is 10. The van der Waals surface area contributed by atoms with Crippen molar-refractivity contribution in [3.63, 3.8) is 0 Å². The van der Waals surface area contributed by atoms with Crippen molar-refractivity contribution >= 4 is 44.0 Å². The molecule has 5 aliphatic rings. The van der Waals surface area contributed by atoms with Gasteiger partial charge >= 0.3 is 0 Å². The molecule has 0 radical (unpaired) electrons. The van der Waals surface area contributed by atoms with Crippen LogP contribution in [0.25, 0.3) is 49.4 Å². The molecular weight excluding hydrogens is 635 g/mol. The van der Waals surface area contributed by atoms with Crippen LogP contribution < -0.4 is 4.90 Å². The third-order valence-corrected chi connectivity index (χ3v) is 12.1. The quantitative estimate of drug-likeness (QED) is 0.186. The smallest absolute Gasteiger partial charge is 0.136 e. The number of ether oxygens (including phenoxy) is 1. The molecule has 0 N–H and O–H groups in total. The minimum atomic E-state index is -0.0304. The summed E-state index contributed by atoms with van der Waals surface area (Å²) in [5.74, 6) is 1.16. The third kappa shape index (κ3) is 4.32. The van der Waals surface area contributed by atoms with Crippen LogP contribution in [0.1, 0.15) is 57.1 Å². The van der Waals surface area contributed by atoms with Crippen LogP contribution >= 0.6 is 0 Å². The highest BCUT2D eigenvalue weighted by Gasteiger charge is 2.42. The first-order valence-corrected chi connectivity index (χ1v) is 18.8. The molecule has 52 heavy (non-hydrogen) atoms. The van der Waals surface area contributed by atoms with E-state index in [1.54, 1.807) is 0 Å². The highest BCUT2D eigenvalue weighted by atomic mass is 16.5. The van der Waals surface area contributed by atoms with Crippen LogP contribution in [-0.4, -0.2) is 6.10 Å². The first-order chi connectivity index (χ1) is 25.5. The molecule has 0 bridgehead atoms. The van der Waals surface area contributed by atoms with E-state index >= 15 is 0 Å². The Kier molecular flexibility index (Phi) is 6.38. The Hall–Kier alpha value is -5.80. The van der Waals surface area contributed by atoms with E-state index in [4.69, 9.17) is 9.15 Å². The van der Waals surface area contributed by atoms with Crippen molar-refractivity contribution < 1.29 is 9.15 Å². The molecule has 11 rings (SSSR count). The minimum absolute atomic E-state index is 0.0304. The molecule has 0 spiro atoms. The lowest BCUT2D eigenvalue weighted by atomic mass is 9.79. The molecule has 1 unspecified atom stereocenters. The van der Waals surface area contributed by atoms with Crippen LogP contribution in [0.4, 0.5) is 5.69 Å². The Morgan fingerprint density at radius 3 is 2.52 bits per heavy atom. The van der Waals surface area contributed by atoms with Gasteiger partial charge < -0.3 is 14.1 Å². The summed E-state index contributed by atoms with van der Waals surface area (Å²) in [7, 11) is 0. The van der Waals surface area contributed by atoms with Crippen molar-refractivity contribution in [2.45, 2.75) is 57.5 Å². The van der Waals surface area contributed by atoms with E-state index in [1.807, 2.05) is 6.07 Å². The summed E-state index contributed by atoms with van der Waals surface area (Å²) in [6.07, 6.45) is 16.6. The maximum Gasteiger partial charge on any atom is 0.136 e. The number of benzene rings is 5. The molecule has 0 saturated heterocycles. The fourth-order valence-corrected chi connectivity index (χ4v) is 9.63. The second-order valence-electron chi connectivity index (χ2n) is 15.4. The Labute approximate surface area is 304 Å². The zero-order valence-electron chi connectivity index (χ0n) is 29.6. The van der Waals surface area contributed by atoms with Crippen molar-refractivity contribution in [2.24, 2.45) is 0 Å². The first-order valence-electron chi connectivity index (χ1n) is 18.8. The highest BCUT2D eigenvalue weighted by Crippen LogP contribution is 2.55. The molecule has 3 heteroatoms.